The lowest BCUT2D eigenvalue weighted by Crippen LogP contribution is -2.45. The first-order valence-corrected chi connectivity index (χ1v) is 11.1. The summed E-state index contributed by atoms with van der Waals surface area (Å²) in [6, 6.07) is 13.8. The Balaban J connectivity index is 1.81. The lowest BCUT2D eigenvalue weighted by atomic mass is 10.0. The normalized spacial score (nSPS) is 20.9. The molecule has 0 amide bonds. The summed E-state index contributed by atoms with van der Waals surface area (Å²) in [5.74, 6) is 0.677. The van der Waals surface area contributed by atoms with Gasteiger partial charge in [-0.2, -0.15) is 0 Å². The predicted molar refractivity (Wildman–Crippen MR) is 112 cm³/mol. The third-order valence-electron chi connectivity index (χ3n) is 4.59. The van der Waals surface area contributed by atoms with Gasteiger partial charge in [0.2, 0.25) is 0 Å². The molecule has 0 spiro atoms. The number of rotatable bonds is 6. The van der Waals surface area contributed by atoms with E-state index in [4.69, 9.17) is 4.74 Å². The summed E-state index contributed by atoms with van der Waals surface area (Å²) in [6.07, 6.45) is 0.982. The fourth-order valence-electron chi connectivity index (χ4n) is 3.12. The number of alkyl halides is 1. The minimum atomic E-state index is -3.64. The maximum absolute atomic E-state index is 12.6. The lowest BCUT2D eigenvalue weighted by molar-refractivity contribution is 0.272. The number of likely N-dealkylation sites (tertiary alicyclic amines) is 1. The van der Waals surface area contributed by atoms with E-state index in [1.807, 2.05) is 0 Å². The number of halogens is 1. The van der Waals surface area contributed by atoms with Crippen LogP contribution in [0.4, 0.5) is 11.4 Å². The molecular weight excluding hydrogens is 430 g/mol. The molecule has 0 aliphatic carbocycles. The number of hydrogen-bond donors (Lipinski definition) is 2. The van der Waals surface area contributed by atoms with Gasteiger partial charge in [-0.3, -0.25) is 4.72 Å². The van der Waals surface area contributed by atoms with E-state index >= 15 is 0 Å². The van der Waals surface area contributed by atoms with Crippen molar-refractivity contribution in [3.63, 3.8) is 0 Å². The van der Waals surface area contributed by atoms with Gasteiger partial charge in [0, 0.05) is 17.4 Å². The summed E-state index contributed by atoms with van der Waals surface area (Å²) in [4.78, 5) is 2.80. The highest BCUT2D eigenvalue weighted by Gasteiger charge is 2.26. The molecule has 0 aromatic heterocycles. The summed E-state index contributed by atoms with van der Waals surface area (Å²) >= 11 is 3.74. The van der Waals surface area contributed by atoms with Crippen LogP contribution < -0.4 is 14.8 Å². The van der Waals surface area contributed by atoms with Gasteiger partial charge in [-0.1, -0.05) is 34.1 Å². The van der Waals surface area contributed by atoms with Crippen molar-refractivity contribution in [1.29, 1.82) is 0 Å². The van der Waals surface area contributed by atoms with Crippen molar-refractivity contribution in [2.24, 2.45) is 0 Å². The summed E-state index contributed by atoms with van der Waals surface area (Å²) < 4.78 is 33.2. The first kappa shape index (κ1) is 20.0. The number of anilines is 2. The maximum atomic E-state index is 12.6. The minimum Gasteiger partial charge on any atom is -0.495 e. The summed E-state index contributed by atoms with van der Waals surface area (Å²) in [5, 5.41) is 3.50. The Morgan fingerprint density at radius 3 is 2.59 bits per heavy atom. The van der Waals surface area contributed by atoms with Gasteiger partial charge in [-0.15, -0.1) is 0 Å². The Labute approximate surface area is 169 Å². The van der Waals surface area contributed by atoms with Gasteiger partial charge in [0.1, 0.15) is 5.75 Å². The number of benzene rings is 2. The van der Waals surface area contributed by atoms with Gasteiger partial charge in [0.05, 0.1) is 23.4 Å². The van der Waals surface area contributed by atoms with E-state index in [2.05, 4.69) is 37.9 Å². The molecule has 2 unspecified atom stereocenters. The number of hydrogen-bond acceptors (Lipinski definition) is 5. The Morgan fingerprint density at radius 1 is 1.19 bits per heavy atom. The van der Waals surface area contributed by atoms with Gasteiger partial charge in [0.15, 0.2) is 0 Å². The summed E-state index contributed by atoms with van der Waals surface area (Å²) in [6.45, 7) is 1.95. The Hall–Kier alpha value is -1.77. The van der Waals surface area contributed by atoms with Crippen molar-refractivity contribution in [1.82, 2.24) is 4.90 Å². The van der Waals surface area contributed by atoms with Crippen molar-refractivity contribution >= 4 is 37.3 Å². The van der Waals surface area contributed by atoms with Gasteiger partial charge in [-0.25, -0.2) is 8.42 Å². The first-order chi connectivity index (χ1) is 12.9. The minimum absolute atomic E-state index is 0.228. The topological polar surface area (TPSA) is 70.7 Å². The van der Waals surface area contributed by atoms with Crippen LogP contribution in [0.5, 0.6) is 5.75 Å². The maximum Gasteiger partial charge on any atom is 0.261 e. The van der Waals surface area contributed by atoms with Crippen LogP contribution >= 0.6 is 15.9 Å². The molecule has 8 heteroatoms. The summed E-state index contributed by atoms with van der Waals surface area (Å²) in [5.41, 5.74) is 1.26. The standard InChI is InChI=1S/C19H24BrN3O3S/c1-23-11-10-17(16(20)13-23)21-18-12-14(8-9-19(18)26-2)22-27(24,25)15-6-4-3-5-7-15/h3-9,12,16-17,21-22H,10-11,13H2,1-2H3. The first-order valence-electron chi connectivity index (χ1n) is 8.74. The Morgan fingerprint density at radius 2 is 1.93 bits per heavy atom. The average molecular weight is 454 g/mol. The van der Waals surface area contributed by atoms with Crippen LogP contribution in [0.2, 0.25) is 0 Å². The molecule has 2 aromatic rings. The van der Waals surface area contributed by atoms with E-state index in [-0.39, 0.29) is 10.9 Å². The Kier molecular flexibility index (Phi) is 6.29. The second-order valence-electron chi connectivity index (χ2n) is 6.65. The molecular formula is C19H24BrN3O3S. The molecule has 1 aliphatic heterocycles. The largest absolute Gasteiger partial charge is 0.495 e. The highest BCUT2D eigenvalue weighted by molar-refractivity contribution is 9.09. The van der Waals surface area contributed by atoms with E-state index in [1.54, 1.807) is 55.6 Å². The van der Waals surface area contributed by atoms with E-state index in [0.717, 1.165) is 25.2 Å². The highest BCUT2D eigenvalue weighted by Crippen LogP contribution is 2.31. The second kappa shape index (κ2) is 8.50. The summed E-state index contributed by atoms with van der Waals surface area (Å²) in [7, 11) is 0.0717. The van der Waals surface area contributed by atoms with Gasteiger partial charge in [-0.05, 0) is 50.3 Å². The van der Waals surface area contributed by atoms with Crippen molar-refractivity contribution in [2.75, 3.05) is 37.3 Å². The second-order valence-corrected chi connectivity index (χ2v) is 9.51. The number of nitrogens with zero attached hydrogens (tertiary/aromatic N) is 1. The SMILES string of the molecule is COc1ccc(NS(=O)(=O)c2ccccc2)cc1NC1CCN(C)CC1Br. The van der Waals surface area contributed by atoms with E-state index in [1.165, 1.54) is 0 Å². The number of nitrogens with one attached hydrogen (secondary N) is 2. The van der Waals surface area contributed by atoms with Gasteiger partial charge >= 0.3 is 0 Å². The monoisotopic (exact) mass is 453 g/mol. The molecule has 27 heavy (non-hydrogen) atoms. The number of ether oxygens (including phenoxy) is 1. The quantitative estimate of drug-likeness (QED) is 0.655. The van der Waals surface area contributed by atoms with E-state index < -0.39 is 10.0 Å². The van der Waals surface area contributed by atoms with Crippen LogP contribution in [0.1, 0.15) is 6.42 Å². The van der Waals surface area contributed by atoms with Crippen molar-refractivity contribution < 1.29 is 13.2 Å². The van der Waals surface area contributed by atoms with Gasteiger partial charge < -0.3 is 15.0 Å². The molecule has 146 valence electrons. The van der Waals surface area contributed by atoms with Crippen molar-refractivity contribution in [2.45, 2.75) is 22.2 Å². The smallest absolute Gasteiger partial charge is 0.261 e. The zero-order valence-electron chi connectivity index (χ0n) is 15.4. The van der Waals surface area contributed by atoms with Gasteiger partial charge in [0.25, 0.3) is 10.0 Å². The van der Waals surface area contributed by atoms with Crippen LogP contribution in [0.25, 0.3) is 0 Å². The molecule has 2 N–H and O–H groups in total. The molecule has 1 saturated heterocycles. The van der Waals surface area contributed by atoms with Crippen molar-refractivity contribution in [3.8, 4) is 5.75 Å². The third-order valence-corrected chi connectivity index (χ3v) is 6.92. The molecule has 2 atom stereocenters. The fourth-order valence-corrected chi connectivity index (χ4v) is 5.08. The number of methoxy groups -OCH3 is 1. The van der Waals surface area contributed by atoms with Crippen LogP contribution in [0, 0.1) is 0 Å². The van der Waals surface area contributed by atoms with Crippen LogP contribution in [-0.4, -0.2) is 51.4 Å². The third kappa shape index (κ3) is 4.94. The van der Waals surface area contributed by atoms with E-state index in [9.17, 15) is 8.42 Å². The lowest BCUT2D eigenvalue weighted by Gasteiger charge is -2.35. The Bertz CT molecular complexity index is 877. The molecule has 6 nitrogen and oxygen atoms in total. The van der Waals surface area contributed by atoms with Crippen LogP contribution in [0.3, 0.4) is 0 Å². The molecule has 3 rings (SSSR count). The number of sulfonamides is 1. The molecule has 1 aliphatic rings. The fraction of sp³-hybridized carbons (Fsp3) is 0.368. The van der Waals surface area contributed by atoms with E-state index in [0.29, 0.717) is 16.3 Å². The highest BCUT2D eigenvalue weighted by atomic mass is 79.9. The van der Waals surface area contributed by atoms with Crippen molar-refractivity contribution in [3.05, 3.63) is 48.5 Å². The zero-order chi connectivity index (χ0) is 19.4. The molecule has 0 radical (unpaired) electrons. The molecule has 1 heterocycles. The van der Waals surface area contributed by atoms with Crippen LogP contribution in [0.15, 0.2) is 53.4 Å². The molecule has 1 fully saturated rings. The number of piperidine rings is 1. The van der Waals surface area contributed by atoms with Crippen LogP contribution in [-0.2, 0) is 10.0 Å². The average Bonchev–Trinajstić information content (AvgIpc) is 2.65. The molecule has 2 aromatic carbocycles. The predicted octanol–water partition coefficient (Wildman–Crippen LogP) is 3.38. The molecule has 0 saturated carbocycles. The molecule has 0 bridgehead atoms. The zero-order valence-corrected chi connectivity index (χ0v) is 17.8.